The molecule has 1 unspecified atom stereocenters. The highest BCUT2D eigenvalue weighted by Crippen LogP contribution is 2.51. The number of hydrogen-bond donors (Lipinski definition) is 1. The molecule has 0 spiro atoms. The molecule has 2 heterocycles. The number of benzene rings is 1. The first-order valence-electron chi connectivity index (χ1n) is 13.4. The summed E-state index contributed by atoms with van der Waals surface area (Å²) in [5.74, 6) is -1.82. The monoisotopic (exact) mass is 636 g/mol. The Morgan fingerprint density at radius 2 is 1.66 bits per heavy atom. The summed E-state index contributed by atoms with van der Waals surface area (Å²) in [4.78, 5) is 28.0. The van der Waals surface area contributed by atoms with Gasteiger partial charge in [0.25, 0.3) is 0 Å². The van der Waals surface area contributed by atoms with Crippen molar-refractivity contribution in [2.75, 3.05) is 13.1 Å². The van der Waals surface area contributed by atoms with Crippen LogP contribution in [0.3, 0.4) is 0 Å². The van der Waals surface area contributed by atoms with Crippen molar-refractivity contribution in [3.05, 3.63) is 76.6 Å². The minimum atomic E-state index is -5.35. The normalized spacial score (nSPS) is 19.7. The summed E-state index contributed by atoms with van der Waals surface area (Å²) >= 11 is 0. The van der Waals surface area contributed by atoms with Gasteiger partial charge in [0.05, 0.1) is 6.54 Å². The van der Waals surface area contributed by atoms with Gasteiger partial charge < -0.3 is 10.1 Å². The molecular weight excluding hydrogens is 607 g/mol. The number of rotatable bonds is 9. The van der Waals surface area contributed by atoms with E-state index in [1.807, 2.05) is 0 Å². The van der Waals surface area contributed by atoms with Crippen molar-refractivity contribution in [2.45, 2.75) is 70.1 Å². The Balaban J connectivity index is 1.88. The average Bonchev–Trinajstić information content (AvgIpc) is 3.10. The molecule has 0 aromatic heterocycles. The highest BCUT2D eigenvalue weighted by molar-refractivity contribution is 6.07. The fourth-order valence-electron chi connectivity index (χ4n) is 4.78. The van der Waals surface area contributed by atoms with Crippen molar-refractivity contribution in [3.8, 4) is 0 Å². The molecule has 2 aliphatic heterocycles. The number of amides is 1. The highest BCUT2D eigenvalue weighted by Gasteiger charge is 2.64. The van der Waals surface area contributed by atoms with Gasteiger partial charge in [-0.2, -0.15) is 39.5 Å². The topological polar surface area (TPSA) is 67.8 Å². The Labute approximate surface area is 247 Å². The van der Waals surface area contributed by atoms with Crippen LogP contribution in [0.5, 0.6) is 0 Å². The number of ether oxygens (including phenoxy) is 1. The summed E-state index contributed by atoms with van der Waals surface area (Å²) < 4.78 is 128. The molecule has 44 heavy (non-hydrogen) atoms. The number of aryl methyl sites for hydroxylation is 1. The van der Waals surface area contributed by atoms with Crippen molar-refractivity contribution in [3.63, 3.8) is 0 Å². The van der Waals surface area contributed by atoms with Crippen molar-refractivity contribution in [1.82, 2.24) is 5.32 Å². The van der Waals surface area contributed by atoms with Crippen LogP contribution in [-0.2, 0) is 9.53 Å². The van der Waals surface area contributed by atoms with E-state index in [2.05, 4.69) is 11.6 Å². The third kappa shape index (κ3) is 8.41. The van der Waals surface area contributed by atoms with Crippen LogP contribution in [0.15, 0.2) is 64.9 Å². The van der Waals surface area contributed by atoms with Gasteiger partial charge >= 0.3 is 18.5 Å². The van der Waals surface area contributed by atoms with Crippen molar-refractivity contribution in [1.29, 1.82) is 0 Å². The van der Waals surface area contributed by atoms with Gasteiger partial charge in [-0.05, 0) is 55.5 Å². The summed E-state index contributed by atoms with van der Waals surface area (Å²) in [6.07, 6.45) is -13.3. The summed E-state index contributed by atoms with van der Waals surface area (Å²) in [5, 5.41) is 1.73. The lowest BCUT2D eigenvalue weighted by atomic mass is 9.78. The van der Waals surface area contributed by atoms with Crippen LogP contribution in [-0.4, -0.2) is 54.6 Å². The zero-order valence-electron chi connectivity index (χ0n) is 23.7. The first-order valence-corrected chi connectivity index (χ1v) is 13.4. The summed E-state index contributed by atoms with van der Waals surface area (Å²) in [7, 11) is 0. The van der Waals surface area contributed by atoms with Gasteiger partial charge in [-0.3, -0.25) is 14.6 Å². The molecule has 0 saturated carbocycles. The molecule has 1 aromatic carbocycles. The van der Waals surface area contributed by atoms with E-state index >= 15 is 0 Å². The second-order valence-electron chi connectivity index (χ2n) is 10.5. The van der Waals surface area contributed by atoms with E-state index in [-0.39, 0.29) is 42.4 Å². The van der Waals surface area contributed by atoms with E-state index in [1.165, 1.54) is 25.1 Å². The van der Waals surface area contributed by atoms with Crippen molar-refractivity contribution < 1.29 is 53.8 Å². The summed E-state index contributed by atoms with van der Waals surface area (Å²) in [5.41, 5.74) is -5.50. The first-order chi connectivity index (χ1) is 20.2. The second-order valence-corrected chi connectivity index (χ2v) is 10.5. The van der Waals surface area contributed by atoms with Gasteiger partial charge in [0.1, 0.15) is 18.0 Å². The van der Waals surface area contributed by atoms with Gasteiger partial charge in [0.15, 0.2) is 5.78 Å². The number of carbonyl (C=O) groups excluding carboxylic acids is 2. The maximum absolute atomic E-state index is 14.8. The zero-order valence-corrected chi connectivity index (χ0v) is 23.7. The smallest absolute Gasteiger partial charge is 0.433 e. The van der Waals surface area contributed by atoms with E-state index in [0.29, 0.717) is 17.2 Å². The number of Topliss-reactive ketones (excluding diaryl/α,β-unsaturated/α-hetero) is 1. The number of aliphatic imine (C=N–C) groups is 1. The molecule has 1 N–H and O–H groups in total. The molecule has 0 fully saturated rings. The lowest BCUT2D eigenvalue weighted by Crippen LogP contribution is -2.54. The van der Waals surface area contributed by atoms with Crippen LogP contribution in [0.25, 0.3) is 5.57 Å². The Bertz CT molecular complexity index is 1430. The van der Waals surface area contributed by atoms with E-state index < -0.39 is 72.4 Å². The molecule has 0 bridgehead atoms. The third-order valence-electron chi connectivity index (χ3n) is 6.97. The van der Waals surface area contributed by atoms with Crippen LogP contribution in [0.2, 0.25) is 0 Å². The van der Waals surface area contributed by atoms with E-state index in [1.54, 1.807) is 12.2 Å². The lowest BCUT2D eigenvalue weighted by molar-refractivity contribution is -0.247. The highest BCUT2D eigenvalue weighted by atomic mass is 19.4. The second kappa shape index (κ2) is 13.0. The third-order valence-corrected chi connectivity index (χ3v) is 6.97. The predicted molar refractivity (Wildman–Crippen MR) is 145 cm³/mol. The van der Waals surface area contributed by atoms with Crippen molar-refractivity contribution in [2.24, 2.45) is 4.99 Å². The molecule has 1 amide bonds. The Kier molecular flexibility index (Phi) is 10.3. The van der Waals surface area contributed by atoms with Crippen molar-refractivity contribution >= 4 is 23.0 Å². The number of nitrogens with one attached hydrogen (secondary N) is 1. The quantitative estimate of drug-likeness (QED) is 0.170. The molecule has 0 aliphatic carbocycles. The fraction of sp³-hybridized carbons (Fsp3) is 0.433. The number of allylic oxidation sites excluding steroid dienone is 3. The summed E-state index contributed by atoms with van der Waals surface area (Å²) in [6.45, 7) is 4.53. The SMILES string of the molecule is C=C1C=C(c2ccc(C)c(C(=O)CCCCC(=O)NCC(F)(F)F)c2)CC(C2=CC=C(C)CN=C2C(F)(F)F)(C(F)(F)F)O1. The van der Waals surface area contributed by atoms with Crippen LogP contribution < -0.4 is 5.32 Å². The number of ketones is 1. The number of halogens is 9. The van der Waals surface area contributed by atoms with E-state index in [4.69, 9.17) is 4.74 Å². The van der Waals surface area contributed by atoms with Crippen LogP contribution in [0.4, 0.5) is 39.5 Å². The van der Waals surface area contributed by atoms with Gasteiger partial charge in [0, 0.05) is 30.4 Å². The maximum atomic E-state index is 14.8. The molecule has 2 aliphatic rings. The van der Waals surface area contributed by atoms with Gasteiger partial charge in [-0.1, -0.05) is 36.4 Å². The molecular formula is C30H29F9N2O3. The number of alkyl halides is 9. The lowest BCUT2D eigenvalue weighted by Gasteiger charge is -2.41. The molecule has 5 nitrogen and oxygen atoms in total. The molecule has 1 aromatic rings. The molecule has 1 atom stereocenters. The Morgan fingerprint density at radius 1 is 1.00 bits per heavy atom. The Hall–Kier alpha value is -3.84. The Morgan fingerprint density at radius 3 is 2.27 bits per heavy atom. The predicted octanol–water partition coefficient (Wildman–Crippen LogP) is 7.92. The fourth-order valence-corrected chi connectivity index (χ4v) is 4.78. The van der Waals surface area contributed by atoms with Crippen LogP contribution >= 0.6 is 0 Å². The largest absolute Gasteiger partial charge is 0.473 e. The minimum Gasteiger partial charge on any atom is -0.473 e. The summed E-state index contributed by atoms with van der Waals surface area (Å²) in [6, 6.07) is 4.22. The van der Waals surface area contributed by atoms with E-state index in [0.717, 1.165) is 12.2 Å². The molecule has 240 valence electrons. The molecule has 3 rings (SSSR count). The average molecular weight is 637 g/mol. The number of hydrogen-bond acceptors (Lipinski definition) is 4. The maximum Gasteiger partial charge on any atom is 0.433 e. The standard InChI is InChI=1S/C30H29F9N2O3/c1-17-8-11-23(26(40-15-17)29(34,35)36)27(30(37,38)39)14-21(12-19(3)44-27)20-10-9-18(2)22(13-20)24(42)6-4-5-7-25(43)41-16-28(31,32)33/h8-13H,3-7,14-16H2,1-2H3,(H,41,43). The molecule has 14 heteroatoms. The number of nitrogens with zero attached hydrogens (tertiary/aromatic N) is 1. The van der Waals surface area contributed by atoms with Crippen LogP contribution in [0, 0.1) is 6.92 Å². The van der Waals surface area contributed by atoms with Gasteiger partial charge in [-0.15, -0.1) is 0 Å². The van der Waals surface area contributed by atoms with Gasteiger partial charge in [-0.25, -0.2) is 0 Å². The van der Waals surface area contributed by atoms with Gasteiger partial charge in [0.2, 0.25) is 11.5 Å². The number of carbonyl (C=O) groups is 2. The van der Waals surface area contributed by atoms with Crippen LogP contribution in [0.1, 0.15) is 60.5 Å². The number of unbranched alkanes of at least 4 members (excludes halogenated alkanes) is 1. The first kappa shape index (κ1) is 34.6. The molecule has 0 saturated heterocycles. The minimum absolute atomic E-state index is 0.0821. The molecule has 0 radical (unpaired) electrons. The van der Waals surface area contributed by atoms with E-state index in [9.17, 15) is 49.1 Å². The zero-order chi connectivity index (χ0) is 33.1.